The summed E-state index contributed by atoms with van der Waals surface area (Å²) in [5.41, 5.74) is 0.215. The van der Waals surface area contributed by atoms with E-state index in [1.54, 1.807) is 6.07 Å². The monoisotopic (exact) mass is 180 g/mol. The Morgan fingerprint density at radius 1 is 1.62 bits per heavy atom. The molecule has 13 heavy (non-hydrogen) atoms. The molecule has 66 valence electrons. The minimum absolute atomic E-state index is 0.340. The standard InChI is InChI=1S/C8H5FN2O2/c9-7-4-11-5(1-2-10-11)3-6(7)8(12)13/h1-4H,(H,12,13). The number of rotatable bonds is 1. The zero-order chi connectivity index (χ0) is 9.42. The molecule has 0 aliphatic carbocycles. The molecule has 0 unspecified atom stereocenters. The number of carboxylic acid groups (broad SMARTS) is 1. The molecule has 2 aromatic heterocycles. The van der Waals surface area contributed by atoms with Crippen LogP contribution >= 0.6 is 0 Å². The van der Waals surface area contributed by atoms with Crippen molar-refractivity contribution >= 4 is 11.5 Å². The minimum Gasteiger partial charge on any atom is -0.478 e. The van der Waals surface area contributed by atoms with Gasteiger partial charge in [0, 0.05) is 6.20 Å². The van der Waals surface area contributed by atoms with E-state index in [0.717, 1.165) is 6.20 Å². The highest BCUT2D eigenvalue weighted by Crippen LogP contribution is 2.10. The van der Waals surface area contributed by atoms with Crippen LogP contribution in [0.1, 0.15) is 10.4 Å². The Bertz CT molecular complexity index is 478. The molecular formula is C8H5FN2O2. The molecule has 0 aromatic carbocycles. The van der Waals surface area contributed by atoms with Gasteiger partial charge >= 0.3 is 5.97 Å². The van der Waals surface area contributed by atoms with Crippen LogP contribution in [0.4, 0.5) is 4.39 Å². The summed E-state index contributed by atoms with van der Waals surface area (Å²) in [6.45, 7) is 0. The van der Waals surface area contributed by atoms with Crippen molar-refractivity contribution in [2.45, 2.75) is 0 Å². The maximum Gasteiger partial charge on any atom is 0.338 e. The van der Waals surface area contributed by atoms with E-state index in [-0.39, 0.29) is 5.56 Å². The minimum atomic E-state index is -1.28. The fraction of sp³-hybridized carbons (Fsp3) is 0. The third-order valence-corrected chi connectivity index (χ3v) is 1.72. The summed E-state index contributed by atoms with van der Waals surface area (Å²) in [5.74, 6) is -2.06. The lowest BCUT2D eigenvalue weighted by Gasteiger charge is -1.98. The van der Waals surface area contributed by atoms with Crippen molar-refractivity contribution in [2.75, 3.05) is 0 Å². The molecule has 0 saturated heterocycles. The molecule has 0 atom stereocenters. The summed E-state index contributed by atoms with van der Waals surface area (Å²) >= 11 is 0. The number of carboxylic acids is 1. The molecule has 2 rings (SSSR count). The molecule has 2 heterocycles. The normalized spacial score (nSPS) is 10.5. The van der Waals surface area contributed by atoms with E-state index in [1.807, 2.05) is 0 Å². The second-order valence-corrected chi connectivity index (χ2v) is 2.54. The van der Waals surface area contributed by atoms with Gasteiger partial charge < -0.3 is 5.11 Å². The van der Waals surface area contributed by atoms with Gasteiger partial charge in [0.2, 0.25) is 0 Å². The summed E-state index contributed by atoms with van der Waals surface area (Å²) in [6.07, 6.45) is 2.51. The Labute approximate surface area is 72.2 Å². The van der Waals surface area contributed by atoms with E-state index < -0.39 is 11.8 Å². The molecule has 5 heteroatoms. The molecule has 0 amide bonds. The number of halogens is 1. The quantitative estimate of drug-likeness (QED) is 0.716. The second-order valence-electron chi connectivity index (χ2n) is 2.54. The maximum absolute atomic E-state index is 13.0. The Balaban J connectivity index is 2.76. The van der Waals surface area contributed by atoms with Gasteiger partial charge in [-0.15, -0.1) is 0 Å². The van der Waals surface area contributed by atoms with Gasteiger partial charge in [0.25, 0.3) is 0 Å². The lowest BCUT2D eigenvalue weighted by atomic mass is 10.2. The van der Waals surface area contributed by atoms with Crippen molar-refractivity contribution in [3.8, 4) is 0 Å². The number of nitrogens with zero attached hydrogens (tertiary/aromatic N) is 2. The second kappa shape index (κ2) is 2.55. The summed E-state index contributed by atoms with van der Waals surface area (Å²) < 4.78 is 14.3. The number of aromatic nitrogens is 2. The van der Waals surface area contributed by atoms with Gasteiger partial charge in [-0.1, -0.05) is 0 Å². The summed E-state index contributed by atoms with van der Waals surface area (Å²) in [6, 6.07) is 2.84. The van der Waals surface area contributed by atoms with Crippen LogP contribution in [-0.2, 0) is 0 Å². The zero-order valence-electron chi connectivity index (χ0n) is 6.44. The van der Waals surface area contributed by atoms with Crippen molar-refractivity contribution < 1.29 is 14.3 Å². The van der Waals surface area contributed by atoms with Crippen molar-refractivity contribution in [2.24, 2.45) is 0 Å². The molecule has 4 nitrogen and oxygen atoms in total. The fourth-order valence-electron chi connectivity index (χ4n) is 1.10. The summed E-state index contributed by atoms with van der Waals surface area (Å²) in [5, 5.41) is 12.4. The van der Waals surface area contributed by atoms with Crippen LogP contribution in [0.2, 0.25) is 0 Å². The largest absolute Gasteiger partial charge is 0.478 e. The Kier molecular flexibility index (Phi) is 1.51. The number of hydrogen-bond donors (Lipinski definition) is 1. The van der Waals surface area contributed by atoms with Gasteiger partial charge in [0.15, 0.2) is 5.82 Å². The first-order valence-electron chi connectivity index (χ1n) is 3.54. The van der Waals surface area contributed by atoms with E-state index in [2.05, 4.69) is 5.10 Å². The average molecular weight is 180 g/mol. The van der Waals surface area contributed by atoms with Gasteiger partial charge in [-0.25, -0.2) is 13.7 Å². The third kappa shape index (κ3) is 1.14. The van der Waals surface area contributed by atoms with Crippen LogP contribution < -0.4 is 0 Å². The van der Waals surface area contributed by atoms with E-state index in [1.165, 1.54) is 16.8 Å². The first-order chi connectivity index (χ1) is 6.18. The highest BCUT2D eigenvalue weighted by atomic mass is 19.1. The third-order valence-electron chi connectivity index (χ3n) is 1.72. The Hall–Kier alpha value is -1.91. The highest BCUT2D eigenvalue weighted by molar-refractivity contribution is 5.89. The van der Waals surface area contributed by atoms with Gasteiger partial charge in [-0.3, -0.25) is 0 Å². The van der Waals surface area contributed by atoms with Crippen molar-refractivity contribution in [1.82, 2.24) is 9.61 Å². The first kappa shape index (κ1) is 7.72. The van der Waals surface area contributed by atoms with E-state index in [9.17, 15) is 9.18 Å². The van der Waals surface area contributed by atoms with E-state index in [4.69, 9.17) is 5.11 Å². The van der Waals surface area contributed by atoms with Crippen molar-refractivity contribution in [3.63, 3.8) is 0 Å². The van der Waals surface area contributed by atoms with Crippen LogP contribution in [0.5, 0.6) is 0 Å². The first-order valence-corrected chi connectivity index (χ1v) is 3.54. The summed E-state index contributed by atoms with van der Waals surface area (Å²) in [4.78, 5) is 10.5. The van der Waals surface area contributed by atoms with E-state index in [0.29, 0.717) is 5.52 Å². The van der Waals surface area contributed by atoms with E-state index >= 15 is 0 Å². The lowest BCUT2D eigenvalue weighted by Crippen LogP contribution is -2.02. The van der Waals surface area contributed by atoms with Crippen LogP contribution in [0.15, 0.2) is 24.5 Å². The van der Waals surface area contributed by atoms with Crippen LogP contribution in [0.25, 0.3) is 5.52 Å². The van der Waals surface area contributed by atoms with Crippen molar-refractivity contribution in [1.29, 1.82) is 0 Å². The lowest BCUT2D eigenvalue weighted by molar-refractivity contribution is 0.0692. The number of fused-ring (bicyclic) bond motifs is 1. The van der Waals surface area contributed by atoms with Crippen LogP contribution in [0, 0.1) is 5.82 Å². The summed E-state index contributed by atoms with van der Waals surface area (Å²) in [7, 11) is 0. The topological polar surface area (TPSA) is 54.6 Å². The fourth-order valence-corrected chi connectivity index (χ4v) is 1.10. The average Bonchev–Trinajstić information content (AvgIpc) is 2.48. The van der Waals surface area contributed by atoms with Crippen molar-refractivity contribution in [3.05, 3.63) is 35.9 Å². The van der Waals surface area contributed by atoms with Crippen LogP contribution in [-0.4, -0.2) is 20.7 Å². The Morgan fingerprint density at radius 2 is 2.38 bits per heavy atom. The number of aromatic carboxylic acids is 1. The SMILES string of the molecule is O=C(O)c1cc2ccnn2cc1F. The number of hydrogen-bond acceptors (Lipinski definition) is 2. The predicted molar refractivity (Wildman–Crippen MR) is 42.1 cm³/mol. The zero-order valence-corrected chi connectivity index (χ0v) is 6.44. The maximum atomic E-state index is 13.0. The molecule has 0 saturated carbocycles. The smallest absolute Gasteiger partial charge is 0.338 e. The van der Waals surface area contributed by atoms with Crippen LogP contribution in [0.3, 0.4) is 0 Å². The molecular weight excluding hydrogens is 175 g/mol. The Morgan fingerprint density at radius 3 is 3.08 bits per heavy atom. The molecule has 0 radical (unpaired) electrons. The van der Waals surface area contributed by atoms with Gasteiger partial charge in [0.05, 0.1) is 17.3 Å². The van der Waals surface area contributed by atoms with Gasteiger partial charge in [-0.05, 0) is 12.1 Å². The molecule has 0 fully saturated rings. The molecule has 0 spiro atoms. The molecule has 2 aromatic rings. The number of pyridine rings is 1. The molecule has 0 aliphatic heterocycles. The molecule has 0 aliphatic rings. The number of carbonyl (C=O) groups is 1. The van der Waals surface area contributed by atoms with Gasteiger partial charge in [0.1, 0.15) is 0 Å². The molecule has 0 bridgehead atoms. The predicted octanol–water partition coefficient (Wildman–Crippen LogP) is 1.17. The highest BCUT2D eigenvalue weighted by Gasteiger charge is 2.11. The molecule has 1 N–H and O–H groups in total. The van der Waals surface area contributed by atoms with Gasteiger partial charge in [-0.2, -0.15) is 5.10 Å².